The molecule has 10 rings (SSSR count). The van der Waals surface area contributed by atoms with Gasteiger partial charge in [0.25, 0.3) is 0 Å². The number of carbonyl (C=O) groups excluding carboxylic acids is 5. The number of benzene rings is 4. The van der Waals surface area contributed by atoms with Crippen LogP contribution in [0, 0.1) is 0 Å². The Morgan fingerprint density at radius 1 is 0.690 bits per heavy atom. The average Bonchev–Trinajstić information content (AvgIpc) is 3.21. The summed E-state index contributed by atoms with van der Waals surface area (Å²) in [5, 5.41) is 14.7. The van der Waals surface area contributed by atoms with Crippen molar-refractivity contribution in [3.05, 3.63) is 131 Å². The predicted molar refractivity (Wildman–Crippen MR) is 223 cm³/mol. The lowest BCUT2D eigenvalue weighted by atomic mass is 10.0. The second-order valence-corrected chi connectivity index (χ2v) is 15.0. The van der Waals surface area contributed by atoms with E-state index in [-0.39, 0.29) is 56.6 Å². The van der Waals surface area contributed by atoms with Crippen LogP contribution in [0.2, 0.25) is 0 Å². The molecule has 1 saturated heterocycles. The minimum Gasteiger partial charge on any atom is -0.350 e. The highest BCUT2D eigenvalue weighted by atomic mass is 16.2. The second kappa shape index (κ2) is 20.5. The van der Waals surface area contributed by atoms with Gasteiger partial charge in [-0.25, -0.2) is 0 Å². The molecule has 0 aliphatic carbocycles. The zero-order valence-corrected chi connectivity index (χ0v) is 32.6. The number of piperazine rings is 1. The summed E-state index contributed by atoms with van der Waals surface area (Å²) < 4.78 is 0. The first-order chi connectivity index (χ1) is 28.1. The van der Waals surface area contributed by atoms with E-state index in [1.165, 1.54) is 0 Å². The molecule has 304 valence electrons. The molecule has 6 aliphatic rings. The number of anilines is 2. The highest BCUT2D eigenvalue weighted by Gasteiger charge is 2.28. The number of carbonyl (C=O) groups is 5. The van der Waals surface area contributed by atoms with Crippen molar-refractivity contribution in [2.24, 2.45) is 11.5 Å². The Balaban J connectivity index is 1.23. The number of aryl methyl sites for hydroxylation is 1. The fraction of sp³-hybridized carbons (Fsp3) is 0.341. The summed E-state index contributed by atoms with van der Waals surface area (Å²) in [5.74, 6) is -1.53. The number of amides is 5. The smallest absolute Gasteiger partial charge is 0.243 e. The van der Waals surface area contributed by atoms with Crippen LogP contribution in [0.4, 0.5) is 11.4 Å². The van der Waals surface area contributed by atoms with Crippen LogP contribution in [0.1, 0.15) is 46.8 Å². The van der Waals surface area contributed by atoms with E-state index in [2.05, 4.69) is 36.4 Å². The molecule has 14 heteroatoms. The molecule has 0 spiro atoms. The Labute approximate surface area is 339 Å². The van der Waals surface area contributed by atoms with Gasteiger partial charge in [-0.1, -0.05) is 78.9 Å². The molecule has 14 nitrogen and oxygen atoms in total. The molecule has 0 radical (unpaired) electrons. The average molecular weight is 788 g/mol. The molecule has 6 bridgehead atoms. The van der Waals surface area contributed by atoms with E-state index in [4.69, 9.17) is 11.5 Å². The Morgan fingerprint density at radius 2 is 1.24 bits per heavy atom. The molecule has 9 N–H and O–H groups in total. The van der Waals surface area contributed by atoms with Crippen molar-refractivity contribution in [1.82, 2.24) is 25.8 Å². The lowest BCUT2D eigenvalue weighted by Crippen LogP contribution is -2.55. The van der Waals surface area contributed by atoms with E-state index in [0.717, 1.165) is 27.8 Å². The van der Waals surface area contributed by atoms with Gasteiger partial charge in [0.1, 0.15) is 12.1 Å². The lowest BCUT2D eigenvalue weighted by Gasteiger charge is -2.33. The monoisotopic (exact) mass is 787 g/mol. The number of fused-ring (bicyclic) bond motifs is 1. The summed E-state index contributed by atoms with van der Waals surface area (Å²) in [6.07, 6.45) is 1.18. The molecule has 2 atom stereocenters. The Morgan fingerprint density at radius 3 is 1.79 bits per heavy atom. The van der Waals surface area contributed by atoms with Crippen molar-refractivity contribution >= 4 is 40.9 Å². The van der Waals surface area contributed by atoms with Crippen LogP contribution in [0.15, 0.2) is 103 Å². The maximum absolute atomic E-state index is 14.2. The maximum Gasteiger partial charge on any atom is 0.243 e. The quantitative estimate of drug-likeness (QED) is 0.124. The van der Waals surface area contributed by atoms with Gasteiger partial charge in [0.2, 0.25) is 29.5 Å². The van der Waals surface area contributed by atoms with E-state index in [9.17, 15) is 24.0 Å². The van der Waals surface area contributed by atoms with Crippen LogP contribution in [0.25, 0.3) is 0 Å². The number of nitrogens with zero attached hydrogens (tertiary/aromatic N) is 2. The van der Waals surface area contributed by atoms with E-state index >= 15 is 0 Å². The van der Waals surface area contributed by atoms with Crippen LogP contribution in [0.3, 0.4) is 0 Å². The van der Waals surface area contributed by atoms with Crippen LogP contribution in [0.5, 0.6) is 0 Å². The molecule has 4 aromatic carbocycles. The van der Waals surface area contributed by atoms with Crippen molar-refractivity contribution in [3.8, 4) is 0 Å². The van der Waals surface area contributed by atoms with Gasteiger partial charge in [0.15, 0.2) is 0 Å². The Bertz CT molecular complexity index is 2000. The van der Waals surface area contributed by atoms with E-state index in [0.29, 0.717) is 50.4 Å². The topological polar surface area (TPSA) is 204 Å². The largest absolute Gasteiger partial charge is 0.350 e. The van der Waals surface area contributed by atoms with Gasteiger partial charge in [0, 0.05) is 63.4 Å². The minimum atomic E-state index is -1.01. The molecular formula is C44H53N9O5. The van der Waals surface area contributed by atoms with Gasteiger partial charge in [-0.3, -0.25) is 33.8 Å². The third-order valence-corrected chi connectivity index (χ3v) is 10.4. The van der Waals surface area contributed by atoms with Crippen LogP contribution in [-0.4, -0.2) is 90.7 Å². The van der Waals surface area contributed by atoms with E-state index < -0.39 is 30.1 Å². The Hall–Kier alpha value is -5.93. The van der Waals surface area contributed by atoms with Crippen molar-refractivity contribution in [2.45, 2.75) is 56.9 Å². The Kier molecular flexibility index (Phi) is 14.7. The summed E-state index contributed by atoms with van der Waals surface area (Å²) in [6.45, 7) is 3.24. The third-order valence-electron chi connectivity index (χ3n) is 10.4. The van der Waals surface area contributed by atoms with E-state index in [1.54, 1.807) is 36.4 Å². The maximum atomic E-state index is 14.2. The van der Waals surface area contributed by atoms with Crippen molar-refractivity contribution < 1.29 is 24.0 Å². The van der Waals surface area contributed by atoms with Crippen LogP contribution < -0.4 is 38.1 Å². The zero-order chi connectivity index (χ0) is 40.9. The molecule has 6 aliphatic heterocycles. The van der Waals surface area contributed by atoms with Crippen molar-refractivity contribution in [2.75, 3.05) is 49.9 Å². The fourth-order valence-corrected chi connectivity index (χ4v) is 7.06. The van der Waals surface area contributed by atoms with Gasteiger partial charge in [-0.2, -0.15) is 0 Å². The SMILES string of the molecule is NC(N)c1ccc(CNC(=O)[C@@H]2Cc3ccc(cc3)NC(=O)CN3CCN(CC3)CC(=O)Nc3ccc(cc3)C[C@@H](NC(=O)CCCc3ccccc3)C(=O)N2)cc1. The summed E-state index contributed by atoms with van der Waals surface area (Å²) in [5.41, 5.74) is 17.0. The first-order valence-electron chi connectivity index (χ1n) is 19.8. The summed E-state index contributed by atoms with van der Waals surface area (Å²) in [6, 6.07) is 29.5. The van der Waals surface area contributed by atoms with Gasteiger partial charge < -0.3 is 38.1 Å². The predicted octanol–water partition coefficient (Wildman–Crippen LogP) is 2.20. The highest BCUT2D eigenvalue weighted by molar-refractivity contribution is 5.94. The fourth-order valence-electron chi connectivity index (χ4n) is 7.06. The van der Waals surface area contributed by atoms with Gasteiger partial charge in [-0.15, -0.1) is 0 Å². The van der Waals surface area contributed by atoms with Crippen LogP contribution in [-0.2, 0) is 49.8 Å². The molecule has 5 amide bonds. The molecule has 4 aromatic rings. The van der Waals surface area contributed by atoms with E-state index in [1.807, 2.05) is 66.7 Å². The number of rotatable bonds is 9. The van der Waals surface area contributed by atoms with Crippen molar-refractivity contribution in [1.29, 1.82) is 0 Å². The normalized spacial score (nSPS) is 20.4. The minimum absolute atomic E-state index is 0.142. The molecule has 1 fully saturated rings. The number of hydrogen-bond acceptors (Lipinski definition) is 9. The van der Waals surface area contributed by atoms with Crippen molar-refractivity contribution in [3.63, 3.8) is 0 Å². The zero-order valence-electron chi connectivity index (χ0n) is 32.6. The summed E-state index contributed by atoms with van der Waals surface area (Å²) in [7, 11) is 0. The van der Waals surface area contributed by atoms with Gasteiger partial charge in [0.05, 0.1) is 19.3 Å². The number of hydrogen-bond donors (Lipinski definition) is 7. The van der Waals surface area contributed by atoms with Gasteiger partial charge >= 0.3 is 0 Å². The molecule has 58 heavy (non-hydrogen) atoms. The van der Waals surface area contributed by atoms with Crippen LogP contribution >= 0.6 is 0 Å². The number of nitrogens with two attached hydrogens (primary N) is 2. The third kappa shape index (κ3) is 12.8. The molecular weight excluding hydrogens is 735 g/mol. The number of nitrogens with one attached hydrogen (secondary N) is 5. The second-order valence-electron chi connectivity index (χ2n) is 15.0. The first-order valence-corrected chi connectivity index (χ1v) is 19.8. The lowest BCUT2D eigenvalue weighted by molar-refractivity contribution is -0.132. The standard InChI is InChI=1S/C44H53N9O5/c45-42(46)34-15-9-33(10-16-34)27-47-43(57)37-25-31-11-17-35(18-12-31)48-40(55)28-52-21-23-53(24-22-52)29-41(56)49-36-19-13-32(14-20-36)26-38(44(58)51-37)50-39(54)8-4-7-30-5-2-1-3-6-30/h1-3,5-6,9-20,37-38,42H,4,7-8,21-29,45-46H2,(H,47,57)(H,48,55)(H,49,56)(H,50,54)(H,51,58)/t37-,38+/m0/s1. The summed E-state index contributed by atoms with van der Waals surface area (Å²) >= 11 is 0. The highest BCUT2D eigenvalue weighted by Crippen LogP contribution is 2.16. The first kappa shape index (κ1) is 41.7. The molecule has 0 unspecified atom stereocenters. The molecule has 6 heterocycles. The summed E-state index contributed by atoms with van der Waals surface area (Å²) in [4.78, 5) is 71.5. The molecule has 0 aromatic heterocycles. The molecule has 0 saturated carbocycles. The van der Waals surface area contributed by atoms with Gasteiger partial charge in [-0.05, 0) is 64.9 Å².